The molecule has 2 aliphatic heterocycles. The quantitative estimate of drug-likeness (QED) is 0.770. The summed E-state index contributed by atoms with van der Waals surface area (Å²) in [5, 5.41) is 0. The summed E-state index contributed by atoms with van der Waals surface area (Å²) in [4.78, 5) is 27.6. The molecule has 2 aliphatic rings. The molecule has 130 valence electrons. The second kappa shape index (κ2) is 6.51. The van der Waals surface area contributed by atoms with Gasteiger partial charge < -0.3 is 9.80 Å². The van der Waals surface area contributed by atoms with Gasteiger partial charge in [-0.25, -0.2) is 0 Å². The van der Waals surface area contributed by atoms with E-state index in [4.69, 9.17) is 0 Å². The molecule has 1 atom stereocenters. The van der Waals surface area contributed by atoms with Gasteiger partial charge in [0.25, 0.3) is 5.91 Å². The fourth-order valence-corrected chi connectivity index (χ4v) is 4.10. The van der Waals surface area contributed by atoms with Crippen LogP contribution >= 0.6 is 0 Å². The number of halogens is 1. The van der Waals surface area contributed by atoms with E-state index in [1.54, 1.807) is 29.2 Å². The van der Waals surface area contributed by atoms with Crippen LogP contribution in [0.15, 0.2) is 24.3 Å². The third kappa shape index (κ3) is 3.75. The van der Waals surface area contributed by atoms with Crippen molar-refractivity contribution in [1.29, 1.82) is 0 Å². The fourth-order valence-electron chi connectivity index (χ4n) is 3.31. The van der Waals surface area contributed by atoms with Gasteiger partial charge in [0.1, 0.15) is 0 Å². The van der Waals surface area contributed by atoms with Crippen LogP contribution in [0.3, 0.4) is 0 Å². The van der Waals surface area contributed by atoms with E-state index in [-0.39, 0.29) is 24.8 Å². The highest BCUT2D eigenvalue weighted by atomic mass is 32.3. The number of carbonyl (C=O) groups is 2. The average molecular weight is 354 g/mol. The van der Waals surface area contributed by atoms with E-state index in [9.17, 15) is 21.9 Å². The molecule has 2 heterocycles. The molecule has 3 rings (SSSR count). The van der Waals surface area contributed by atoms with Crippen LogP contribution in [-0.2, 0) is 15.0 Å². The Morgan fingerprint density at radius 3 is 2.38 bits per heavy atom. The van der Waals surface area contributed by atoms with Gasteiger partial charge in [-0.05, 0) is 37.1 Å². The van der Waals surface area contributed by atoms with Crippen molar-refractivity contribution < 1.29 is 21.9 Å². The maximum atomic E-state index is 12.8. The first-order valence-electron chi connectivity index (χ1n) is 7.95. The molecule has 0 radical (unpaired) electrons. The molecule has 1 aromatic rings. The van der Waals surface area contributed by atoms with Crippen LogP contribution < -0.4 is 4.90 Å². The lowest BCUT2D eigenvalue weighted by molar-refractivity contribution is -0.117. The topological polar surface area (TPSA) is 74.8 Å². The average Bonchev–Trinajstić information content (AvgIpc) is 3.15. The van der Waals surface area contributed by atoms with Gasteiger partial charge >= 0.3 is 10.2 Å². The summed E-state index contributed by atoms with van der Waals surface area (Å²) < 4.78 is 34.3. The van der Waals surface area contributed by atoms with Crippen LogP contribution in [0, 0.1) is 5.92 Å². The number of likely N-dealkylation sites (tertiary alicyclic amines) is 1. The van der Waals surface area contributed by atoms with Gasteiger partial charge in [0.2, 0.25) is 5.91 Å². The minimum Gasteiger partial charge on any atom is -0.339 e. The first-order valence-corrected chi connectivity index (χ1v) is 9.51. The van der Waals surface area contributed by atoms with Crippen molar-refractivity contribution in [3.05, 3.63) is 29.8 Å². The molecule has 0 N–H and O–H groups in total. The number of hydrogen-bond donors (Lipinski definition) is 0. The number of benzene rings is 1. The highest BCUT2D eigenvalue weighted by Gasteiger charge is 2.33. The summed E-state index contributed by atoms with van der Waals surface area (Å²) in [6, 6.07) is 6.69. The number of anilines is 1. The van der Waals surface area contributed by atoms with E-state index >= 15 is 0 Å². The minimum atomic E-state index is -4.59. The van der Waals surface area contributed by atoms with Gasteiger partial charge in [-0.2, -0.15) is 8.42 Å². The second-order valence-corrected chi connectivity index (χ2v) is 7.74. The van der Waals surface area contributed by atoms with E-state index in [0.29, 0.717) is 11.3 Å². The molecule has 0 bridgehead atoms. The van der Waals surface area contributed by atoms with Crippen LogP contribution in [0.4, 0.5) is 9.57 Å². The van der Waals surface area contributed by atoms with Crippen LogP contribution in [0.2, 0.25) is 0 Å². The van der Waals surface area contributed by atoms with E-state index < -0.39 is 21.9 Å². The zero-order chi connectivity index (χ0) is 17.3. The zero-order valence-corrected chi connectivity index (χ0v) is 14.0. The first kappa shape index (κ1) is 16.9. The van der Waals surface area contributed by atoms with Crippen LogP contribution in [-0.4, -0.2) is 50.5 Å². The Morgan fingerprint density at radius 1 is 1.17 bits per heavy atom. The number of hydrogen-bond acceptors (Lipinski definition) is 4. The molecule has 1 unspecified atom stereocenters. The Labute approximate surface area is 140 Å². The van der Waals surface area contributed by atoms with E-state index in [1.165, 1.54) is 4.90 Å². The van der Waals surface area contributed by atoms with E-state index in [0.717, 1.165) is 25.9 Å². The SMILES string of the molecule is O=C(c1ccc(N2CC(CS(=O)(=O)F)CC2=O)cc1)N1CCCC1. The largest absolute Gasteiger partial charge is 0.339 e. The van der Waals surface area contributed by atoms with Crippen LogP contribution in [0.25, 0.3) is 0 Å². The summed E-state index contributed by atoms with van der Waals surface area (Å²) in [6.45, 7) is 1.70. The van der Waals surface area contributed by atoms with Crippen molar-refractivity contribution in [2.24, 2.45) is 5.92 Å². The van der Waals surface area contributed by atoms with Crippen LogP contribution in [0.1, 0.15) is 29.6 Å². The molecule has 0 aliphatic carbocycles. The molecule has 24 heavy (non-hydrogen) atoms. The van der Waals surface area contributed by atoms with Gasteiger partial charge in [-0.15, -0.1) is 3.89 Å². The number of carbonyl (C=O) groups excluding carboxylic acids is 2. The highest BCUT2D eigenvalue weighted by molar-refractivity contribution is 7.86. The summed E-state index contributed by atoms with van der Waals surface area (Å²) in [5.41, 5.74) is 1.16. The standard InChI is InChI=1S/C16H19FN2O4S/c17-24(22,23)11-12-9-15(20)19(10-12)14-5-3-13(4-6-14)16(21)18-7-1-2-8-18/h3-6,12H,1-2,7-11H2. The molecule has 2 amide bonds. The van der Waals surface area contributed by atoms with Gasteiger partial charge in [0.05, 0.1) is 5.75 Å². The Hall–Kier alpha value is -1.96. The van der Waals surface area contributed by atoms with Gasteiger partial charge in [0.15, 0.2) is 0 Å². The lowest BCUT2D eigenvalue weighted by Gasteiger charge is -2.18. The minimum absolute atomic E-state index is 0.0115. The van der Waals surface area contributed by atoms with E-state index in [1.807, 2.05) is 0 Å². The predicted molar refractivity (Wildman–Crippen MR) is 86.9 cm³/mol. The van der Waals surface area contributed by atoms with Crippen molar-refractivity contribution in [2.45, 2.75) is 19.3 Å². The lowest BCUT2D eigenvalue weighted by Crippen LogP contribution is -2.28. The Bertz CT molecular complexity index is 742. The highest BCUT2D eigenvalue weighted by Crippen LogP contribution is 2.27. The molecule has 0 aromatic heterocycles. The van der Waals surface area contributed by atoms with Crippen LogP contribution in [0.5, 0.6) is 0 Å². The molecule has 0 spiro atoms. The monoisotopic (exact) mass is 354 g/mol. The molecule has 8 heteroatoms. The molecule has 0 saturated carbocycles. The van der Waals surface area contributed by atoms with Gasteiger partial charge in [0, 0.05) is 43.2 Å². The smallest absolute Gasteiger partial charge is 0.302 e. The Morgan fingerprint density at radius 2 is 1.79 bits per heavy atom. The second-order valence-electron chi connectivity index (χ2n) is 6.33. The summed E-state index contributed by atoms with van der Waals surface area (Å²) >= 11 is 0. The Kier molecular flexibility index (Phi) is 4.58. The third-order valence-electron chi connectivity index (χ3n) is 4.46. The first-order chi connectivity index (χ1) is 11.3. The number of amides is 2. The summed E-state index contributed by atoms with van der Waals surface area (Å²) in [7, 11) is -4.59. The van der Waals surface area contributed by atoms with Gasteiger partial charge in [-0.1, -0.05) is 0 Å². The number of rotatable bonds is 4. The maximum Gasteiger partial charge on any atom is 0.302 e. The zero-order valence-electron chi connectivity index (χ0n) is 13.2. The Balaban J connectivity index is 1.69. The van der Waals surface area contributed by atoms with Crippen molar-refractivity contribution in [3.8, 4) is 0 Å². The molecule has 1 aromatic carbocycles. The lowest BCUT2D eigenvalue weighted by atomic mass is 10.1. The van der Waals surface area contributed by atoms with Crippen molar-refractivity contribution in [1.82, 2.24) is 4.90 Å². The third-order valence-corrected chi connectivity index (χ3v) is 5.33. The number of nitrogens with zero attached hydrogens (tertiary/aromatic N) is 2. The molecule has 6 nitrogen and oxygen atoms in total. The van der Waals surface area contributed by atoms with Crippen molar-refractivity contribution in [2.75, 3.05) is 30.3 Å². The normalized spacial score (nSPS) is 21.5. The van der Waals surface area contributed by atoms with E-state index in [2.05, 4.69) is 0 Å². The van der Waals surface area contributed by atoms with Crippen molar-refractivity contribution in [3.63, 3.8) is 0 Å². The van der Waals surface area contributed by atoms with Gasteiger partial charge in [-0.3, -0.25) is 9.59 Å². The molecular formula is C16H19FN2O4S. The fraction of sp³-hybridized carbons (Fsp3) is 0.500. The molecular weight excluding hydrogens is 335 g/mol. The predicted octanol–water partition coefficient (Wildman–Crippen LogP) is 1.57. The van der Waals surface area contributed by atoms with Crippen molar-refractivity contribution >= 4 is 27.7 Å². The summed E-state index contributed by atoms with van der Waals surface area (Å²) in [6.07, 6.45) is 2.05. The maximum absolute atomic E-state index is 12.8. The molecule has 2 saturated heterocycles. The molecule has 2 fully saturated rings. The summed E-state index contributed by atoms with van der Waals surface area (Å²) in [5.74, 6) is -1.44.